The van der Waals surface area contributed by atoms with Gasteiger partial charge in [-0.15, -0.1) is 0 Å². The van der Waals surface area contributed by atoms with Crippen molar-refractivity contribution in [2.45, 2.75) is 19.3 Å². The molecule has 24 heavy (non-hydrogen) atoms. The summed E-state index contributed by atoms with van der Waals surface area (Å²) in [6.07, 6.45) is 1.86. The lowest BCUT2D eigenvalue weighted by Crippen LogP contribution is -2.26. The lowest BCUT2D eigenvalue weighted by atomic mass is 10.1. The number of carbonyl (C=O) groups is 1. The van der Waals surface area contributed by atoms with Crippen molar-refractivity contribution in [3.8, 4) is 0 Å². The van der Waals surface area contributed by atoms with Gasteiger partial charge in [-0.1, -0.05) is 41.4 Å². The molecule has 2 N–H and O–H groups in total. The molecule has 124 valence electrons. The van der Waals surface area contributed by atoms with E-state index in [0.717, 1.165) is 35.3 Å². The van der Waals surface area contributed by atoms with Crippen molar-refractivity contribution in [2.75, 3.05) is 6.54 Å². The topological polar surface area (TPSA) is 57.8 Å². The maximum Gasteiger partial charge on any atom is 0.224 e. The molecule has 0 bridgehead atoms. The standard InChI is InChI=1S/C18H17Cl2N3O/c19-13-8-7-12(14(20)11-13)10-18(24)21-9-3-6-17-22-15-4-1-2-5-16(15)23-17/h1-2,4-5,7-8,11H,3,6,9-10H2,(H,21,24)(H,22,23). The fraction of sp³-hybridized carbons (Fsp3) is 0.222. The van der Waals surface area contributed by atoms with E-state index >= 15 is 0 Å². The molecule has 4 nitrogen and oxygen atoms in total. The number of hydrogen-bond donors (Lipinski definition) is 2. The molecule has 1 amide bonds. The molecule has 3 rings (SSSR count). The number of benzene rings is 2. The minimum absolute atomic E-state index is 0.0520. The number of carbonyl (C=O) groups excluding carboxylic acids is 1. The van der Waals surface area contributed by atoms with Crippen molar-refractivity contribution in [3.05, 3.63) is 63.9 Å². The smallest absolute Gasteiger partial charge is 0.224 e. The number of halogens is 2. The van der Waals surface area contributed by atoms with Crippen LogP contribution in [-0.2, 0) is 17.6 Å². The molecular weight excluding hydrogens is 345 g/mol. The number of aryl methyl sites for hydroxylation is 1. The summed E-state index contributed by atoms with van der Waals surface area (Å²) in [6.45, 7) is 0.598. The van der Waals surface area contributed by atoms with Crippen LogP contribution in [0.1, 0.15) is 17.8 Å². The van der Waals surface area contributed by atoms with Gasteiger partial charge in [0.15, 0.2) is 0 Å². The number of hydrogen-bond acceptors (Lipinski definition) is 2. The third-order valence-electron chi connectivity index (χ3n) is 3.72. The maximum atomic E-state index is 12.0. The average molecular weight is 362 g/mol. The molecule has 6 heteroatoms. The second-order valence-electron chi connectivity index (χ2n) is 5.57. The highest BCUT2D eigenvalue weighted by molar-refractivity contribution is 6.35. The van der Waals surface area contributed by atoms with Crippen molar-refractivity contribution in [2.24, 2.45) is 0 Å². The van der Waals surface area contributed by atoms with E-state index in [0.29, 0.717) is 16.6 Å². The van der Waals surface area contributed by atoms with Crippen molar-refractivity contribution in [3.63, 3.8) is 0 Å². The molecule has 0 saturated carbocycles. The zero-order valence-electron chi connectivity index (χ0n) is 13.0. The van der Waals surface area contributed by atoms with E-state index in [1.54, 1.807) is 18.2 Å². The van der Waals surface area contributed by atoms with Crippen molar-refractivity contribution in [1.29, 1.82) is 0 Å². The van der Waals surface area contributed by atoms with Gasteiger partial charge >= 0.3 is 0 Å². The predicted octanol–water partition coefficient (Wildman–Crippen LogP) is 4.16. The second-order valence-corrected chi connectivity index (χ2v) is 6.41. The van der Waals surface area contributed by atoms with Gasteiger partial charge in [0, 0.05) is 23.0 Å². The second kappa shape index (κ2) is 7.69. The molecule has 0 aliphatic rings. The number of fused-ring (bicyclic) bond motifs is 1. The molecule has 0 unspecified atom stereocenters. The summed E-state index contributed by atoms with van der Waals surface area (Å²) in [5, 5.41) is 3.98. The number of nitrogens with one attached hydrogen (secondary N) is 2. The van der Waals surface area contributed by atoms with Gasteiger partial charge in [0.2, 0.25) is 5.91 Å². The molecule has 0 fully saturated rings. The summed E-state index contributed by atoms with van der Waals surface area (Å²) >= 11 is 11.9. The van der Waals surface area contributed by atoms with E-state index in [-0.39, 0.29) is 12.3 Å². The summed E-state index contributed by atoms with van der Waals surface area (Å²) in [5.74, 6) is 0.884. The largest absolute Gasteiger partial charge is 0.356 e. The molecule has 0 saturated heterocycles. The minimum atomic E-state index is -0.0520. The normalized spacial score (nSPS) is 10.9. The highest BCUT2D eigenvalue weighted by atomic mass is 35.5. The third kappa shape index (κ3) is 4.28. The first-order valence-corrected chi connectivity index (χ1v) is 8.51. The Balaban J connectivity index is 1.45. The number of aromatic nitrogens is 2. The average Bonchev–Trinajstić information content (AvgIpc) is 2.97. The van der Waals surface area contributed by atoms with Crippen molar-refractivity contribution >= 4 is 40.1 Å². The Labute approximate surface area is 150 Å². The van der Waals surface area contributed by atoms with E-state index in [9.17, 15) is 4.79 Å². The molecule has 1 aromatic heterocycles. The Morgan fingerprint density at radius 2 is 2.00 bits per heavy atom. The first-order valence-electron chi connectivity index (χ1n) is 7.76. The Morgan fingerprint density at radius 3 is 2.79 bits per heavy atom. The molecule has 0 spiro atoms. The van der Waals surface area contributed by atoms with Gasteiger partial charge < -0.3 is 10.3 Å². The summed E-state index contributed by atoms with van der Waals surface area (Å²) in [6, 6.07) is 13.1. The minimum Gasteiger partial charge on any atom is -0.356 e. The Morgan fingerprint density at radius 1 is 1.17 bits per heavy atom. The maximum absolute atomic E-state index is 12.0. The van der Waals surface area contributed by atoms with Gasteiger partial charge in [0.05, 0.1) is 17.5 Å². The fourth-order valence-electron chi connectivity index (χ4n) is 2.51. The molecule has 0 aliphatic carbocycles. The molecule has 0 atom stereocenters. The number of para-hydroxylation sites is 2. The zero-order chi connectivity index (χ0) is 16.9. The fourth-order valence-corrected chi connectivity index (χ4v) is 2.98. The Bertz CT molecular complexity index is 827. The number of H-pyrrole nitrogens is 1. The van der Waals surface area contributed by atoms with Crippen LogP contribution in [-0.4, -0.2) is 22.4 Å². The zero-order valence-corrected chi connectivity index (χ0v) is 14.5. The SMILES string of the molecule is O=C(Cc1ccc(Cl)cc1Cl)NCCCc1nc2ccccc2[nH]1. The predicted molar refractivity (Wildman–Crippen MR) is 97.6 cm³/mol. The van der Waals surface area contributed by atoms with Crippen LogP contribution in [0.15, 0.2) is 42.5 Å². The number of rotatable bonds is 6. The van der Waals surface area contributed by atoms with Crippen LogP contribution in [0.25, 0.3) is 11.0 Å². The van der Waals surface area contributed by atoms with E-state index in [4.69, 9.17) is 23.2 Å². The quantitative estimate of drug-likeness (QED) is 0.647. The van der Waals surface area contributed by atoms with Gasteiger partial charge in [-0.3, -0.25) is 4.79 Å². The van der Waals surface area contributed by atoms with Gasteiger partial charge in [-0.25, -0.2) is 4.98 Å². The highest BCUT2D eigenvalue weighted by Crippen LogP contribution is 2.21. The molecule has 2 aromatic carbocycles. The van der Waals surface area contributed by atoms with Crippen LogP contribution >= 0.6 is 23.2 Å². The van der Waals surface area contributed by atoms with Crippen molar-refractivity contribution < 1.29 is 4.79 Å². The highest BCUT2D eigenvalue weighted by Gasteiger charge is 2.08. The number of imidazole rings is 1. The van der Waals surface area contributed by atoms with Crippen LogP contribution < -0.4 is 5.32 Å². The lowest BCUT2D eigenvalue weighted by molar-refractivity contribution is -0.120. The molecule has 0 aliphatic heterocycles. The van der Waals surface area contributed by atoms with Crippen LogP contribution in [0, 0.1) is 0 Å². The summed E-state index contributed by atoms with van der Waals surface area (Å²) in [7, 11) is 0. The van der Waals surface area contributed by atoms with E-state index in [1.165, 1.54) is 0 Å². The van der Waals surface area contributed by atoms with Gasteiger partial charge in [0.1, 0.15) is 5.82 Å². The van der Waals surface area contributed by atoms with Gasteiger partial charge in [0.25, 0.3) is 0 Å². The van der Waals surface area contributed by atoms with Crippen LogP contribution in [0.3, 0.4) is 0 Å². The van der Waals surface area contributed by atoms with Gasteiger partial charge in [-0.05, 0) is 36.2 Å². The van der Waals surface area contributed by atoms with Crippen LogP contribution in [0.4, 0.5) is 0 Å². The Kier molecular flexibility index (Phi) is 5.38. The van der Waals surface area contributed by atoms with E-state index in [1.807, 2.05) is 24.3 Å². The molecule has 1 heterocycles. The van der Waals surface area contributed by atoms with E-state index < -0.39 is 0 Å². The number of nitrogens with zero attached hydrogens (tertiary/aromatic N) is 1. The first-order chi connectivity index (χ1) is 11.6. The lowest BCUT2D eigenvalue weighted by Gasteiger charge is -2.06. The molecule has 0 radical (unpaired) electrons. The van der Waals surface area contributed by atoms with E-state index in [2.05, 4.69) is 15.3 Å². The van der Waals surface area contributed by atoms with Crippen LogP contribution in [0.5, 0.6) is 0 Å². The Hall–Kier alpha value is -2.04. The number of aromatic amines is 1. The summed E-state index contributed by atoms with van der Waals surface area (Å²) in [5.41, 5.74) is 2.78. The van der Waals surface area contributed by atoms with Gasteiger partial charge in [-0.2, -0.15) is 0 Å². The third-order valence-corrected chi connectivity index (χ3v) is 4.30. The first kappa shape index (κ1) is 16.8. The molecule has 3 aromatic rings. The van der Waals surface area contributed by atoms with Crippen molar-refractivity contribution in [1.82, 2.24) is 15.3 Å². The summed E-state index contributed by atoms with van der Waals surface area (Å²) in [4.78, 5) is 19.8. The van der Waals surface area contributed by atoms with Crippen LogP contribution in [0.2, 0.25) is 10.0 Å². The number of amides is 1. The molecular formula is C18H17Cl2N3O. The monoisotopic (exact) mass is 361 g/mol. The summed E-state index contributed by atoms with van der Waals surface area (Å²) < 4.78 is 0.